The molecule has 0 atom stereocenters. The Labute approximate surface area is 126 Å². The van der Waals surface area contributed by atoms with Crippen molar-refractivity contribution in [2.45, 2.75) is 32.6 Å². The number of hydrogen-bond donors (Lipinski definition) is 1. The predicted molar refractivity (Wildman–Crippen MR) is 77.9 cm³/mol. The highest BCUT2D eigenvalue weighted by Gasteiger charge is 2.28. The summed E-state index contributed by atoms with van der Waals surface area (Å²) >= 11 is 0. The van der Waals surface area contributed by atoms with Gasteiger partial charge in [-0.3, -0.25) is 0 Å². The Hall–Kier alpha value is -2.18. The van der Waals surface area contributed by atoms with E-state index >= 15 is 0 Å². The molecule has 0 unspecified atom stereocenters. The fraction of sp³-hybridized carbons (Fsp3) is 0.400. The molecule has 1 aromatic heterocycles. The van der Waals surface area contributed by atoms with Gasteiger partial charge in [-0.2, -0.15) is 13.2 Å². The van der Waals surface area contributed by atoms with Gasteiger partial charge < -0.3 is 14.6 Å². The molecule has 0 amide bonds. The highest BCUT2D eigenvalue weighted by Crippen LogP contribution is 2.24. The molecule has 2 aromatic rings. The van der Waals surface area contributed by atoms with E-state index in [0.29, 0.717) is 6.54 Å². The van der Waals surface area contributed by atoms with Crippen molar-refractivity contribution in [1.82, 2.24) is 9.97 Å². The first-order valence-electron chi connectivity index (χ1n) is 6.88. The van der Waals surface area contributed by atoms with Crippen LogP contribution in [0.1, 0.15) is 19.5 Å². The van der Waals surface area contributed by atoms with E-state index in [-0.39, 0.29) is 11.8 Å². The zero-order chi connectivity index (χ0) is 16.2. The zero-order valence-electron chi connectivity index (χ0n) is 12.4. The Morgan fingerprint density at radius 2 is 1.91 bits per heavy atom. The number of nitrogens with one attached hydrogen (secondary N) is 1. The Bertz CT molecular complexity index is 565. The summed E-state index contributed by atoms with van der Waals surface area (Å²) in [5, 5.41) is 0. The van der Waals surface area contributed by atoms with Gasteiger partial charge in [-0.15, -0.1) is 0 Å². The van der Waals surface area contributed by atoms with E-state index < -0.39 is 12.8 Å². The van der Waals surface area contributed by atoms with Gasteiger partial charge in [-0.1, -0.05) is 0 Å². The summed E-state index contributed by atoms with van der Waals surface area (Å²) in [5.41, 5.74) is 1.87. The summed E-state index contributed by atoms with van der Waals surface area (Å²) in [6.45, 7) is 3.45. The molecule has 1 aromatic carbocycles. The van der Waals surface area contributed by atoms with E-state index in [2.05, 4.69) is 14.9 Å². The maximum atomic E-state index is 12.1. The van der Waals surface area contributed by atoms with Crippen LogP contribution in [0, 0.1) is 0 Å². The maximum Gasteiger partial charge on any atom is 0.422 e. The Kier molecular flexibility index (Phi) is 4.95. The number of imidazole rings is 1. The van der Waals surface area contributed by atoms with Gasteiger partial charge in [-0.25, -0.2) is 4.98 Å². The number of ether oxygens (including phenoxy) is 1. The number of aromatic amines is 1. The minimum Gasteiger partial charge on any atom is -0.484 e. The minimum atomic E-state index is -4.33. The fourth-order valence-corrected chi connectivity index (χ4v) is 2.03. The fourth-order valence-electron chi connectivity index (χ4n) is 2.03. The molecule has 120 valence electrons. The maximum absolute atomic E-state index is 12.1. The van der Waals surface area contributed by atoms with Crippen molar-refractivity contribution < 1.29 is 17.9 Å². The van der Waals surface area contributed by atoms with Crippen LogP contribution in [0.5, 0.6) is 5.75 Å². The molecule has 2 rings (SSSR count). The summed E-state index contributed by atoms with van der Waals surface area (Å²) in [5.74, 6) is 0.200. The van der Waals surface area contributed by atoms with Crippen molar-refractivity contribution in [2.75, 3.05) is 11.5 Å². The number of H-pyrrole nitrogens is 1. The highest BCUT2D eigenvalue weighted by molar-refractivity contribution is 5.50. The summed E-state index contributed by atoms with van der Waals surface area (Å²) in [7, 11) is 0. The third-order valence-electron chi connectivity index (χ3n) is 3.09. The molecule has 4 nitrogen and oxygen atoms in total. The summed E-state index contributed by atoms with van der Waals surface area (Å²) in [6.07, 6.45) is -0.971. The van der Waals surface area contributed by atoms with E-state index in [1.54, 1.807) is 36.8 Å². The zero-order valence-corrected chi connectivity index (χ0v) is 12.4. The molecule has 7 heteroatoms. The molecule has 0 saturated carbocycles. The number of nitrogens with zero attached hydrogens (tertiary/aromatic N) is 2. The third-order valence-corrected chi connectivity index (χ3v) is 3.09. The normalized spacial score (nSPS) is 11.7. The molecule has 0 radical (unpaired) electrons. The third kappa shape index (κ3) is 4.68. The molecule has 0 saturated heterocycles. The van der Waals surface area contributed by atoms with Crippen LogP contribution in [-0.4, -0.2) is 28.8 Å². The minimum absolute atomic E-state index is 0.200. The van der Waals surface area contributed by atoms with Crippen LogP contribution in [0.3, 0.4) is 0 Å². The van der Waals surface area contributed by atoms with Gasteiger partial charge in [0.1, 0.15) is 5.75 Å². The molecule has 1 N–H and O–H groups in total. The SMILES string of the molecule is CC(C)N(Cc1cnc[nH]1)c1ccc(OCC(F)(F)F)cc1. The molecule has 22 heavy (non-hydrogen) atoms. The average molecular weight is 313 g/mol. The van der Waals surface area contributed by atoms with Crippen LogP contribution in [0.2, 0.25) is 0 Å². The van der Waals surface area contributed by atoms with Gasteiger partial charge in [0.25, 0.3) is 0 Å². The lowest BCUT2D eigenvalue weighted by atomic mass is 10.2. The molecule has 0 spiro atoms. The van der Waals surface area contributed by atoms with Crippen LogP contribution in [0.4, 0.5) is 18.9 Å². The number of alkyl halides is 3. The molecule has 0 aliphatic rings. The van der Waals surface area contributed by atoms with Crippen molar-refractivity contribution in [3.63, 3.8) is 0 Å². The van der Waals surface area contributed by atoms with Crippen molar-refractivity contribution in [3.8, 4) is 5.75 Å². The average Bonchev–Trinajstić information content (AvgIpc) is 2.95. The molecule has 1 heterocycles. The standard InChI is InChI=1S/C15H18F3N3O/c1-11(2)21(8-12-7-19-10-20-12)13-3-5-14(6-4-13)22-9-15(16,17)18/h3-7,10-11H,8-9H2,1-2H3,(H,19,20). The highest BCUT2D eigenvalue weighted by atomic mass is 19.4. The first-order chi connectivity index (χ1) is 10.3. The predicted octanol–water partition coefficient (Wildman–Crippen LogP) is 3.77. The van der Waals surface area contributed by atoms with E-state index in [9.17, 15) is 13.2 Å². The van der Waals surface area contributed by atoms with Crippen LogP contribution >= 0.6 is 0 Å². The topological polar surface area (TPSA) is 41.2 Å². The van der Waals surface area contributed by atoms with E-state index in [4.69, 9.17) is 4.74 Å². The molecule has 0 aliphatic carbocycles. The number of benzene rings is 1. The van der Waals surface area contributed by atoms with Crippen molar-refractivity contribution in [2.24, 2.45) is 0 Å². The quantitative estimate of drug-likeness (QED) is 0.882. The van der Waals surface area contributed by atoms with Gasteiger partial charge in [0.05, 0.1) is 18.6 Å². The number of rotatable bonds is 6. The van der Waals surface area contributed by atoms with Gasteiger partial charge in [0.2, 0.25) is 0 Å². The lowest BCUT2D eigenvalue weighted by Gasteiger charge is -2.28. The van der Waals surface area contributed by atoms with Gasteiger partial charge >= 0.3 is 6.18 Å². The summed E-state index contributed by atoms with van der Waals surface area (Å²) < 4.78 is 41.1. The molecule has 0 aliphatic heterocycles. The molecular weight excluding hydrogens is 295 g/mol. The molecule has 0 fully saturated rings. The van der Waals surface area contributed by atoms with Crippen molar-refractivity contribution >= 4 is 5.69 Å². The lowest BCUT2D eigenvalue weighted by molar-refractivity contribution is -0.153. The van der Waals surface area contributed by atoms with E-state index in [1.165, 1.54) is 0 Å². The van der Waals surface area contributed by atoms with Gasteiger partial charge in [0.15, 0.2) is 6.61 Å². The first-order valence-corrected chi connectivity index (χ1v) is 6.88. The Balaban J connectivity index is 2.06. The van der Waals surface area contributed by atoms with Crippen molar-refractivity contribution in [3.05, 3.63) is 42.5 Å². The lowest BCUT2D eigenvalue weighted by Crippen LogP contribution is -2.30. The molecule has 0 bridgehead atoms. The number of aromatic nitrogens is 2. The Morgan fingerprint density at radius 1 is 1.23 bits per heavy atom. The first kappa shape index (κ1) is 16.2. The van der Waals surface area contributed by atoms with Crippen LogP contribution < -0.4 is 9.64 Å². The number of hydrogen-bond acceptors (Lipinski definition) is 3. The van der Waals surface area contributed by atoms with E-state index in [0.717, 1.165) is 11.4 Å². The van der Waals surface area contributed by atoms with Crippen LogP contribution in [-0.2, 0) is 6.54 Å². The van der Waals surface area contributed by atoms with Gasteiger partial charge in [0, 0.05) is 17.9 Å². The van der Waals surface area contributed by atoms with Gasteiger partial charge in [-0.05, 0) is 38.1 Å². The Morgan fingerprint density at radius 3 is 2.41 bits per heavy atom. The summed E-state index contributed by atoms with van der Waals surface area (Å²) in [6, 6.07) is 6.82. The largest absolute Gasteiger partial charge is 0.484 e. The van der Waals surface area contributed by atoms with Crippen LogP contribution in [0.15, 0.2) is 36.8 Å². The second-order valence-corrected chi connectivity index (χ2v) is 5.20. The van der Waals surface area contributed by atoms with Crippen molar-refractivity contribution in [1.29, 1.82) is 0 Å². The van der Waals surface area contributed by atoms with E-state index in [1.807, 2.05) is 13.8 Å². The second kappa shape index (κ2) is 6.72. The van der Waals surface area contributed by atoms with Crippen LogP contribution in [0.25, 0.3) is 0 Å². The molecular formula is C15H18F3N3O. The smallest absolute Gasteiger partial charge is 0.422 e. The number of anilines is 1. The summed E-state index contributed by atoms with van der Waals surface area (Å²) in [4.78, 5) is 9.13. The monoisotopic (exact) mass is 313 g/mol. The number of halogens is 3. The second-order valence-electron chi connectivity index (χ2n) is 5.20.